The Morgan fingerprint density at radius 2 is 1.86 bits per heavy atom. The molecule has 0 heterocycles. The first-order valence-electron chi connectivity index (χ1n) is 5.06. The van der Waals surface area contributed by atoms with E-state index in [2.05, 4.69) is 0 Å². The summed E-state index contributed by atoms with van der Waals surface area (Å²) in [6.45, 7) is 7.49. The third-order valence-corrected chi connectivity index (χ3v) is 2.73. The summed E-state index contributed by atoms with van der Waals surface area (Å²) < 4.78 is 5.02. The molecule has 0 rings (SSSR count). The summed E-state index contributed by atoms with van der Waals surface area (Å²) in [6, 6.07) is 0. The zero-order valence-corrected chi connectivity index (χ0v) is 9.54. The van der Waals surface area contributed by atoms with Crippen molar-refractivity contribution in [3.05, 3.63) is 0 Å². The molecule has 1 N–H and O–H groups in total. The molecular formula is C10H21NO3. The largest absolute Gasteiger partial charge is 0.480 e. The average Bonchev–Trinajstić information content (AvgIpc) is 2.17. The molecular weight excluding hydrogens is 182 g/mol. The Hall–Kier alpha value is -0.610. The molecule has 0 saturated carbocycles. The van der Waals surface area contributed by atoms with E-state index >= 15 is 0 Å². The Labute approximate surface area is 85.9 Å². The van der Waals surface area contributed by atoms with E-state index in [1.54, 1.807) is 0 Å². The first kappa shape index (κ1) is 13.4. The van der Waals surface area contributed by atoms with Crippen molar-refractivity contribution >= 4 is 5.97 Å². The molecule has 0 saturated heterocycles. The summed E-state index contributed by atoms with van der Waals surface area (Å²) in [4.78, 5) is 13.2. The summed E-state index contributed by atoms with van der Waals surface area (Å²) in [5.41, 5.74) is -0.863. The Morgan fingerprint density at radius 1 is 1.36 bits per heavy atom. The number of rotatable bonds is 7. The van der Waals surface area contributed by atoms with Gasteiger partial charge in [-0.1, -0.05) is 20.8 Å². The second-order valence-electron chi connectivity index (χ2n) is 3.30. The smallest absolute Gasteiger partial charge is 0.326 e. The van der Waals surface area contributed by atoms with Crippen molar-refractivity contribution in [3.63, 3.8) is 0 Å². The number of methoxy groups -OCH3 is 1. The van der Waals surface area contributed by atoms with Gasteiger partial charge in [0.05, 0.1) is 6.61 Å². The molecule has 14 heavy (non-hydrogen) atoms. The minimum atomic E-state index is -0.863. The molecule has 0 radical (unpaired) electrons. The second-order valence-corrected chi connectivity index (χ2v) is 3.30. The second kappa shape index (κ2) is 5.98. The lowest BCUT2D eigenvalue weighted by atomic mass is 9.94. The SMILES string of the molecule is CCN(CC)C(CC)(COC)C(=O)O. The van der Waals surface area contributed by atoms with Crippen LogP contribution in [-0.2, 0) is 9.53 Å². The number of carbonyl (C=O) groups is 1. The van der Waals surface area contributed by atoms with Crippen LogP contribution in [0.2, 0.25) is 0 Å². The topological polar surface area (TPSA) is 49.8 Å². The standard InChI is InChI=1S/C10H21NO3/c1-5-10(8-14-4,9(12)13)11(6-2)7-3/h5-8H2,1-4H3,(H,12,13). The average molecular weight is 203 g/mol. The van der Waals surface area contributed by atoms with Crippen LogP contribution in [0.4, 0.5) is 0 Å². The molecule has 1 atom stereocenters. The zero-order valence-electron chi connectivity index (χ0n) is 9.54. The maximum atomic E-state index is 11.3. The molecule has 0 aromatic heterocycles. The Balaban J connectivity index is 4.89. The van der Waals surface area contributed by atoms with Gasteiger partial charge in [-0.25, -0.2) is 0 Å². The number of likely N-dealkylation sites (N-methyl/N-ethyl adjacent to an activating group) is 1. The molecule has 0 aliphatic rings. The van der Waals surface area contributed by atoms with Crippen LogP contribution in [0.25, 0.3) is 0 Å². The predicted molar refractivity (Wildman–Crippen MR) is 55.5 cm³/mol. The van der Waals surface area contributed by atoms with Gasteiger partial charge >= 0.3 is 5.97 Å². The van der Waals surface area contributed by atoms with Gasteiger partial charge in [0.15, 0.2) is 0 Å². The number of carboxylic acids is 1. The van der Waals surface area contributed by atoms with E-state index in [9.17, 15) is 9.90 Å². The number of aliphatic carboxylic acids is 1. The maximum absolute atomic E-state index is 11.3. The quantitative estimate of drug-likeness (QED) is 0.675. The molecule has 0 aliphatic carbocycles. The molecule has 0 spiro atoms. The molecule has 4 nitrogen and oxygen atoms in total. The Morgan fingerprint density at radius 3 is 2.07 bits per heavy atom. The summed E-state index contributed by atoms with van der Waals surface area (Å²) >= 11 is 0. The fourth-order valence-electron chi connectivity index (χ4n) is 1.83. The number of hydrogen-bond donors (Lipinski definition) is 1. The van der Waals surface area contributed by atoms with Crippen molar-refractivity contribution in [3.8, 4) is 0 Å². The van der Waals surface area contributed by atoms with E-state index in [0.717, 1.165) is 13.1 Å². The molecule has 0 aromatic rings. The van der Waals surface area contributed by atoms with E-state index in [4.69, 9.17) is 4.74 Å². The van der Waals surface area contributed by atoms with Gasteiger partial charge in [-0.3, -0.25) is 9.69 Å². The highest BCUT2D eigenvalue weighted by atomic mass is 16.5. The fraction of sp³-hybridized carbons (Fsp3) is 0.900. The van der Waals surface area contributed by atoms with E-state index < -0.39 is 11.5 Å². The van der Waals surface area contributed by atoms with Crippen LogP contribution in [0, 0.1) is 0 Å². The third kappa shape index (κ3) is 2.45. The highest BCUT2D eigenvalue weighted by molar-refractivity contribution is 5.79. The highest BCUT2D eigenvalue weighted by Gasteiger charge is 2.41. The first-order valence-corrected chi connectivity index (χ1v) is 5.06. The number of carboxylic acid groups (broad SMARTS) is 1. The highest BCUT2D eigenvalue weighted by Crippen LogP contribution is 2.20. The molecule has 0 fully saturated rings. The van der Waals surface area contributed by atoms with Gasteiger partial charge in [0.25, 0.3) is 0 Å². The number of ether oxygens (including phenoxy) is 1. The summed E-state index contributed by atoms with van der Waals surface area (Å²) in [6.07, 6.45) is 0.553. The zero-order chi connectivity index (χ0) is 11.2. The van der Waals surface area contributed by atoms with Crippen LogP contribution in [0.5, 0.6) is 0 Å². The molecule has 0 amide bonds. The maximum Gasteiger partial charge on any atom is 0.326 e. The predicted octanol–water partition coefficient (Wildman–Crippen LogP) is 1.21. The molecule has 0 aliphatic heterocycles. The Bertz CT molecular complexity index is 180. The van der Waals surface area contributed by atoms with Gasteiger partial charge in [-0.2, -0.15) is 0 Å². The van der Waals surface area contributed by atoms with Crippen molar-refractivity contribution in [1.29, 1.82) is 0 Å². The van der Waals surface area contributed by atoms with Gasteiger partial charge in [-0.05, 0) is 19.5 Å². The van der Waals surface area contributed by atoms with Crippen LogP contribution in [0.1, 0.15) is 27.2 Å². The van der Waals surface area contributed by atoms with Gasteiger partial charge in [0.2, 0.25) is 0 Å². The van der Waals surface area contributed by atoms with E-state index in [0.29, 0.717) is 6.42 Å². The molecule has 1 unspecified atom stereocenters. The van der Waals surface area contributed by atoms with Gasteiger partial charge < -0.3 is 9.84 Å². The monoisotopic (exact) mass is 203 g/mol. The lowest BCUT2D eigenvalue weighted by molar-refractivity contribution is -0.156. The van der Waals surface area contributed by atoms with Crippen LogP contribution < -0.4 is 0 Å². The summed E-state index contributed by atoms with van der Waals surface area (Å²) in [5, 5.41) is 9.27. The van der Waals surface area contributed by atoms with Gasteiger partial charge in [0.1, 0.15) is 5.54 Å². The first-order chi connectivity index (χ1) is 6.58. The van der Waals surface area contributed by atoms with Crippen LogP contribution in [-0.4, -0.2) is 48.3 Å². The molecule has 84 valence electrons. The van der Waals surface area contributed by atoms with Crippen molar-refractivity contribution in [2.24, 2.45) is 0 Å². The van der Waals surface area contributed by atoms with E-state index in [-0.39, 0.29) is 6.61 Å². The van der Waals surface area contributed by atoms with Crippen molar-refractivity contribution in [1.82, 2.24) is 4.90 Å². The van der Waals surface area contributed by atoms with Gasteiger partial charge in [-0.15, -0.1) is 0 Å². The van der Waals surface area contributed by atoms with Crippen LogP contribution in [0.15, 0.2) is 0 Å². The molecule has 4 heteroatoms. The van der Waals surface area contributed by atoms with Crippen molar-refractivity contribution in [2.45, 2.75) is 32.7 Å². The van der Waals surface area contributed by atoms with E-state index in [1.165, 1.54) is 7.11 Å². The number of nitrogens with zero attached hydrogens (tertiary/aromatic N) is 1. The molecule has 0 aromatic carbocycles. The summed E-state index contributed by atoms with van der Waals surface area (Å²) in [5.74, 6) is -0.800. The third-order valence-electron chi connectivity index (χ3n) is 2.73. The Kier molecular flexibility index (Phi) is 5.72. The van der Waals surface area contributed by atoms with E-state index in [1.807, 2.05) is 25.7 Å². The normalized spacial score (nSPS) is 15.5. The number of hydrogen-bond acceptors (Lipinski definition) is 3. The van der Waals surface area contributed by atoms with Crippen LogP contribution in [0.3, 0.4) is 0 Å². The van der Waals surface area contributed by atoms with Crippen molar-refractivity contribution in [2.75, 3.05) is 26.8 Å². The fourth-order valence-corrected chi connectivity index (χ4v) is 1.83. The lowest BCUT2D eigenvalue weighted by Gasteiger charge is -2.38. The summed E-state index contributed by atoms with van der Waals surface area (Å²) in [7, 11) is 1.54. The minimum Gasteiger partial charge on any atom is -0.480 e. The minimum absolute atomic E-state index is 0.237. The van der Waals surface area contributed by atoms with Crippen molar-refractivity contribution < 1.29 is 14.6 Å². The van der Waals surface area contributed by atoms with Gasteiger partial charge in [0, 0.05) is 7.11 Å². The molecule has 0 bridgehead atoms. The van der Waals surface area contributed by atoms with Crippen LogP contribution >= 0.6 is 0 Å². The lowest BCUT2D eigenvalue weighted by Crippen LogP contribution is -2.57.